The predicted molar refractivity (Wildman–Crippen MR) is 47.8 cm³/mol. The van der Waals surface area contributed by atoms with Gasteiger partial charge in [0.1, 0.15) is 0 Å². The molecule has 0 rings (SSSR count). The fraction of sp³-hybridized carbons (Fsp3) is 0.875. The molecule has 0 aromatic carbocycles. The van der Waals surface area contributed by atoms with Crippen LogP contribution < -0.4 is 0 Å². The van der Waals surface area contributed by atoms with Gasteiger partial charge in [0.05, 0.1) is 0 Å². The Hall–Kier alpha value is 0.0869. The Balaban J connectivity index is 3.33. The summed E-state index contributed by atoms with van der Waals surface area (Å²) >= 11 is 0. The molecule has 0 nitrogen and oxygen atoms in total. The van der Waals surface area contributed by atoms with E-state index in [1.54, 1.807) is 0 Å². The van der Waals surface area contributed by atoms with Crippen molar-refractivity contribution < 1.29 is 0 Å². The van der Waals surface area contributed by atoms with Crippen molar-refractivity contribution >= 4 is 14.3 Å². The summed E-state index contributed by atoms with van der Waals surface area (Å²) in [5.74, 6) is 0. The summed E-state index contributed by atoms with van der Waals surface area (Å²) in [4.78, 5) is 0. The van der Waals surface area contributed by atoms with Crippen LogP contribution >= 0.6 is 0 Å². The van der Waals surface area contributed by atoms with Gasteiger partial charge in [-0.25, -0.2) is 0 Å². The largest absolute Gasteiger partial charge is 0.0931 e. The first kappa shape index (κ1) is 9.09. The first-order valence-electron chi connectivity index (χ1n) is 3.99. The summed E-state index contributed by atoms with van der Waals surface area (Å²) in [5.41, 5.74) is 0. The van der Waals surface area contributed by atoms with Crippen LogP contribution in [-0.4, -0.2) is 14.3 Å². The molecule has 0 saturated carbocycles. The van der Waals surface area contributed by atoms with Crippen LogP contribution in [0.2, 0.25) is 6.55 Å². The van der Waals surface area contributed by atoms with Gasteiger partial charge in [-0.2, -0.15) is 0 Å². The molecular weight excluding hydrogens is 124 g/mol. The maximum Gasteiger partial charge on any atom is -0.0111 e. The third-order valence-corrected chi connectivity index (χ3v) is 3.23. The Bertz CT molecular complexity index is 84.6. The van der Waals surface area contributed by atoms with E-state index in [0.717, 1.165) is 0 Å². The van der Waals surface area contributed by atoms with E-state index in [2.05, 4.69) is 20.4 Å². The minimum atomic E-state index is 0.650. The highest BCUT2D eigenvalue weighted by molar-refractivity contribution is 6.52. The second-order valence-electron chi connectivity index (χ2n) is 2.40. The molecular formula is C8H18Si. The highest BCUT2D eigenvalue weighted by atomic mass is 28.2. The average Bonchev–Trinajstić information content (AvgIpc) is 1.91. The lowest BCUT2D eigenvalue weighted by molar-refractivity contribution is 0.832. The Morgan fingerprint density at radius 3 is 2.33 bits per heavy atom. The molecule has 0 spiro atoms. The Morgan fingerprint density at radius 2 is 2.00 bits per heavy atom. The van der Waals surface area contributed by atoms with E-state index in [1.165, 1.54) is 25.7 Å². The number of hydrogen-bond donors (Lipinski definition) is 0. The fourth-order valence-corrected chi connectivity index (χ4v) is 1.83. The zero-order valence-electron chi connectivity index (χ0n) is 6.91. The van der Waals surface area contributed by atoms with Crippen LogP contribution in [0, 0.1) is 0 Å². The van der Waals surface area contributed by atoms with Gasteiger partial charge < -0.3 is 0 Å². The van der Waals surface area contributed by atoms with Crippen LogP contribution in [0.15, 0.2) is 0 Å². The van der Waals surface area contributed by atoms with Crippen LogP contribution in [-0.2, 0) is 0 Å². The summed E-state index contributed by atoms with van der Waals surface area (Å²) in [6, 6.07) is 0. The first-order chi connectivity index (χ1) is 4.35. The van der Waals surface area contributed by atoms with E-state index >= 15 is 0 Å². The molecule has 0 N–H and O–H groups in total. The monoisotopic (exact) mass is 142 g/mol. The van der Waals surface area contributed by atoms with E-state index in [0.29, 0.717) is 9.13 Å². The molecule has 0 aliphatic rings. The van der Waals surface area contributed by atoms with Crippen LogP contribution in [0.4, 0.5) is 0 Å². The van der Waals surface area contributed by atoms with E-state index < -0.39 is 0 Å². The van der Waals surface area contributed by atoms with Crippen molar-refractivity contribution in [3.8, 4) is 0 Å². The normalized spacial score (nSPS) is 12.1. The van der Waals surface area contributed by atoms with Crippen molar-refractivity contribution in [1.82, 2.24) is 0 Å². The van der Waals surface area contributed by atoms with Crippen LogP contribution in [0.25, 0.3) is 0 Å². The van der Waals surface area contributed by atoms with Crippen molar-refractivity contribution in [2.75, 3.05) is 0 Å². The lowest BCUT2D eigenvalue weighted by Crippen LogP contribution is -1.99. The molecule has 0 radical (unpaired) electrons. The zero-order valence-corrected chi connectivity index (χ0v) is 8.06. The highest BCUT2D eigenvalue weighted by Gasteiger charge is 1.89. The molecule has 0 heterocycles. The molecule has 9 heavy (non-hydrogen) atoms. The minimum absolute atomic E-state index is 0.650. The molecule has 0 fully saturated rings. The van der Waals surface area contributed by atoms with Crippen LogP contribution in [0.5, 0.6) is 0 Å². The van der Waals surface area contributed by atoms with E-state index in [1.807, 2.05) is 5.17 Å². The van der Waals surface area contributed by atoms with Crippen molar-refractivity contribution in [2.24, 2.45) is 0 Å². The SMILES string of the molecule is CCCCC(CC)=[SiH]C. The first-order valence-corrected chi connectivity index (χ1v) is 5.72. The van der Waals surface area contributed by atoms with E-state index in [9.17, 15) is 0 Å². The molecule has 0 aliphatic heterocycles. The Morgan fingerprint density at radius 1 is 1.33 bits per heavy atom. The van der Waals surface area contributed by atoms with Crippen molar-refractivity contribution in [3.63, 3.8) is 0 Å². The summed E-state index contributed by atoms with van der Waals surface area (Å²) in [6.07, 6.45) is 5.48. The van der Waals surface area contributed by atoms with Gasteiger partial charge in [0.25, 0.3) is 0 Å². The summed E-state index contributed by atoms with van der Waals surface area (Å²) in [5, 5.41) is 1.82. The molecule has 0 aliphatic carbocycles. The average molecular weight is 142 g/mol. The van der Waals surface area contributed by atoms with Gasteiger partial charge in [-0.3, -0.25) is 0 Å². The summed E-state index contributed by atoms with van der Waals surface area (Å²) in [6.45, 7) is 6.88. The molecule has 0 bridgehead atoms. The van der Waals surface area contributed by atoms with Crippen molar-refractivity contribution in [2.45, 2.75) is 46.1 Å². The van der Waals surface area contributed by atoms with Crippen LogP contribution in [0.3, 0.4) is 0 Å². The number of unbranched alkanes of at least 4 members (excludes halogenated alkanes) is 1. The van der Waals surface area contributed by atoms with E-state index in [4.69, 9.17) is 0 Å². The molecule has 0 aromatic heterocycles. The van der Waals surface area contributed by atoms with Gasteiger partial charge >= 0.3 is 0 Å². The summed E-state index contributed by atoms with van der Waals surface area (Å²) < 4.78 is 0. The molecule has 0 atom stereocenters. The second-order valence-corrected chi connectivity index (χ2v) is 3.80. The molecule has 0 unspecified atom stereocenters. The van der Waals surface area contributed by atoms with Gasteiger partial charge in [0, 0.05) is 0 Å². The molecule has 54 valence electrons. The number of hydrogen-bond acceptors (Lipinski definition) is 0. The molecule has 0 aromatic rings. The van der Waals surface area contributed by atoms with Gasteiger partial charge in [-0.05, 0) is 22.0 Å². The zero-order chi connectivity index (χ0) is 7.11. The Labute approximate surface area is 61.1 Å². The van der Waals surface area contributed by atoms with Gasteiger partial charge in [-0.15, -0.1) is 0 Å². The van der Waals surface area contributed by atoms with Crippen LogP contribution in [0.1, 0.15) is 39.5 Å². The third kappa shape index (κ3) is 4.58. The van der Waals surface area contributed by atoms with Gasteiger partial charge in [0.2, 0.25) is 0 Å². The lowest BCUT2D eigenvalue weighted by Gasteiger charge is -1.99. The number of rotatable bonds is 4. The third-order valence-electron chi connectivity index (χ3n) is 1.71. The quantitative estimate of drug-likeness (QED) is 0.528. The van der Waals surface area contributed by atoms with E-state index in [-0.39, 0.29) is 0 Å². The molecule has 0 saturated heterocycles. The summed E-state index contributed by atoms with van der Waals surface area (Å²) in [7, 11) is 0.650. The standard InChI is InChI=1S/C8H18Si/c1-4-6-7-8(5-2)9-3/h9H,4-7H2,1-3H3. The molecule has 1 heteroatoms. The maximum atomic E-state index is 2.34. The lowest BCUT2D eigenvalue weighted by atomic mass is 10.2. The second kappa shape index (κ2) is 6.21. The fourth-order valence-electron chi connectivity index (χ4n) is 0.929. The minimum Gasteiger partial charge on any atom is -0.0931 e. The smallest absolute Gasteiger partial charge is 0.0111 e. The molecule has 0 amide bonds. The van der Waals surface area contributed by atoms with Crippen molar-refractivity contribution in [3.05, 3.63) is 0 Å². The van der Waals surface area contributed by atoms with Gasteiger partial charge in [0.15, 0.2) is 0 Å². The highest BCUT2D eigenvalue weighted by Crippen LogP contribution is 1.97. The maximum absolute atomic E-state index is 2.34. The Kier molecular flexibility index (Phi) is 6.27. The topological polar surface area (TPSA) is 0 Å². The predicted octanol–water partition coefficient (Wildman–Crippen LogP) is 2.24. The van der Waals surface area contributed by atoms with Crippen molar-refractivity contribution in [1.29, 1.82) is 0 Å². The van der Waals surface area contributed by atoms with Gasteiger partial charge in [-0.1, -0.05) is 38.4 Å².